The number of thioether (sulfide) groups is 1. The van der Waals surface area contributed by atoms with E-state index < -0.39 is 0 Å². The molecule has 3 aromatic rings. The van der Waals surface area contributed by atoms with Crippen molar-refractivity contribution in [1.29, 1.82) is 0 Å². The first-order valence-corrected chi connectivity index (χ1v) is 9.79. The number of rotatable bonds is 3. The second-order valence-electron chi connectivity index (χ2n) is 6.36. The second kappa shape index (κ2) is 6.52. The number of benzene rings is 2. The summed E-state index contributed by atoms with van der Waals surface area (Å²) in [5.74, 6) is 1.52. The normalized spacial score (nSPS) is 16.0. The van der Waals surface area contributed by atoms with Crippen molar-refractivity contribution in [3.05, 3.63) is 58.4 Å². The van der Waals surface area contributed by atoms with E-state index >= 15 is 0 Å². The van der Waals surface area contributed by atoms with Crippen LogP contribution in [0.1, 0.15) is 13.8 Å². The molecule has 1 aliphatic rings. The molecule has 4 rings (SSSR count). The smallest absolute Gasteiger partial charge is 0.210 e. The molecule has 0 atom stereocenters. The van der Waals surface area contributed by atoms with Crippen molar-refractivity contribution in [1.82, 2.24) is 8.94 Å². The van der Waals surface area contributed by atoms with Crippen LogP contribution < -0.4 is 9.54 Å². The van der Waals surface area contributed by atoms with Gasteiger partial charge in [-0.3, -0.25) is 4.57 Å². The molecule has 0 radical (unpaired) electrons. The van der Waals surface area contributed by atoms with Crippen molar-refractivity contribution >= 4 is 40.6 Å². The molecule has 4 nitrogen and oxygen atoms in total. The average Bonchev–Trinajstić information content (AvgIpc) is 3.07. The number of fused-ring (bicyclic) bond motifs is 1. The van der Waals surface area contributed by atoms with Crippen LogP contribution in [0, 0.1) is 0 Å². The van der Waals surface area contributed by atoms with E-state index in [2.05, 4.69) is 22.8 Å². The number of aromatic nitrogens is 2. The van der Waals surface area contributed by atoms with Gasteiger partial charge >= 0.3 is 0 Å². The first-order valence-electron chi connectivity index (χ1n) is 7.82. The van der Waals surface area contributed by atoms with Gasteiger partial charge in [-0.1, -0.05) is 23.4 Å². The van der Waals surface area contributed by atoms with Gasteiger partial charge in [-0.2, -0.15) is 4.37 Å². The molecule has 25 heavy (non-hydrogen) atoms. The molecule has 128 valence electrons. The lowest BCUT2D eigenvalue weighted by molar-refractivity contribution is 0.483. The van der Waals surface area contributed by atoms with Gasteiger partial charge < -0.3 is 4.74 Å². The lowest BCUT2D eigenvalue weighted by atomic mass is 10.2. The summed E-state index contributed by atoms with van der Waals surface area (Å²) in [6.07, 6.45) is 0. The zero-order valence-corrected chi connectivity index (χ0v) is 16.2. The van der Waals surface area contributed by atoms with Gasteiger partial charge in [0.05, 0.1) is 5.69 Å². The van der Waals surface area contributed by atoms with Gasteiger partial charge in [0.25, 0.3) is 0 Å². The van der Waals surface area contributed by atoms with Crippen molar-refractivity contribution in [2.24, 2.45) is 4.99 Å². The third-order valence-corrected chi connectivity index (χ3v) is 5.97. The molecule has 7 heteroatoms. The molecule has 0 fully saturated rings. The summed E-state index contributed by atoms with van der Waals surface area (Å²) in [5, 5.41) is 1.74. The summed E-state index contributed by atoms with van der Waals surface area (Å²) in [6, 6.07) is 15.0. The minimum absolute atomic E-state index is 0.177. The maximum atomic E-state index is 5.89. The molecule has 0 N–H and O–H groups in total. The van der Waals surface area contributed by atoms with Gasteiger partial charge in [0, 0.05) is 27.8 Å². The minimum Gasteiger partial charge on any atom is -0.457 e. The quantitative estimate of drug-likeness (QED) is 0.593. The van der Waals surface area contributed by atoms with E-state index in [-0.39, 0.29) is 4.75 Å². The van der Waals surface area contributed by atoms with Crippen molar-refractivity contribution in [2.45, 2.75) is 30.3 Å². The van der Waals surface area contributed by atoms with Crippen LogP contribution in [-0.4, -0.2) is 13.7 Å². The van der Waals surface area contributed by atoms with Crippen molar-refractivity contribution in [3.63, 3.8) is 0 Å². The summed E-state index contributed by atoms with van der Waals surface area (Å²) in [5.41, 5.74) is 0.886. The Labute approximate surface area is 159 Å². The molecule has 0 unspecified atom stereocenters. The summed E-state index contributed by atoms with van der Waals surface area (Å²) in [6.45, 7) is 5.38. The Morgan fingerprint density at radius 1 is 1.08 bits per heavy atom. The molecule has 0 amide bonds. The zero-order chi connectivity index (χ0) is 17.4. The molecular weight excluding hydrogens is 374 g/mol. The minimum atomic E-state index is 0.177. The highest BCUT2D eigenvalue weighted by molar-refractivity contribution is 8.00. The highest BCUT2D eigenvalue weighted by atomic mass is 35.5. The lowest BCUT2D eigenvalue weighted by Gasteiger charge is -2.12. The van der Waals surface area contributed by atoms with Crippen molar-refractivity contribution < 1.29 is 4.74 Å². The van der Waals surface area contributed by atoms with E-state index in [1.54, 1.807) is 11.8 Å². The van der Waals surface area contributed by atoms with E-state index in [1.807, 2.05) is 48.5 Å². The molecule has 0 bridgehead atoms. The first kappa shape index (κ1) is 16.7. The number of halogens is 1. The Morgan fingerprint density at radius 2 is 1.72 bits per heavy atom. The summed E-state index contributed by atoms with van der Waals surface area (Å²) < 4.78 is 12.7. The largest absolute Gasteiger partial charge is 0.457 e. The Morgan fingerprint density at radius 3 is 2.40 bits per heavy atom. The van der Waals surface area contributed by atoms with Crippen LogP contribution in [-0.2, 0) is 6.54 Å². The third-order valence-electron chi connectivity index (χ3n) is 3.68. The fourth-order valence-electron chi connectivity index (χ4n) is 2.55. The Hall–Kier alpha value is -1.76. The van der Waals surface area contributed by atoms with Crippen LogP contribution in [0.2, 0.25) is 5.02 Å². The van der Waals surface area contributed by atoms with Crippen molar-refractivity contribution in [3.8, 4) is 11.5 Å². The highest BCUT2D eigenvalue weighted by Crippen LogP contribution is 2.38. The fraction of sp³-hybridized carbons (Fsp3) is 0.222. The summed E-state index contributed by atoms with van der Waals surface area (Å²) >= 11 is 9.13. The zero-order valence-electron chi connectivity index (χ0n) is 13.8. The number of ether oxygens (including phenoxy) is 1. The molecule has 0 spiro atoms. The Kier molecular flexibility index (Phi) is 4.35. The third kappa shape index (κ3) is 3.76. The van der Waals surface area contributed by atoms with E-state index in [0.29, 0.717) is 5.02 Å². The van der Waals surface area contributed by atoms with E-state index in [1.165, 1.54) is 11.5 Å². The van der Waals surface area contributed by atoms with Gasteiger partial charge in [-0.15, -0.1) is 0 Å². The molecule has 1 aliphatic heterocycles. The molecule has 0 saturated heterocycles. The SMILES string of the molecule is CC1(C)Cn2c(nsc2=Nc2ccc(Oc3ccc(Cl)cc3)cc2)S1. The van der Waals surface area contributed by atoms with Gasteiger partial charge in [0.1, 0.15) is 11.5 Å². The van der Waals surface area contributed by atoms with E-state index in [0.717, 1.165) is 33.7 Å². The van der Waals surface area contributed by atoms with Gasteiger partial charge in [-0.05, 0) is 62.4 Å². The van der Waals surface area contributed by atoms with E-state index in [4.69, 9.17) is 21.3 Å². The summed E-state index contributed by atoms with van der Waals surface area (Å²) in [4.78, 5) is 5.66. The maximum absolute atomic E-state index is 5.89. The van der Waals surface area contributed by atoms with Gasteiger partial charge in [0.2, 0.25) is 4.80 Å². The van der Waals surface area contributed by atoms with Gasteiger partial charge in [0.15, 0.2) is 5.16 Å². The number of nitrogens with zero attached hydrogens (tertiary/aromatic N) is 3. The monoisotopic (exact) mass is 389 g/mol. The van der Waals surface area contributed by atoms with E-state index in [9.17, 15) is 0 Å². The van der Waals surface area contributed by atoms with Crippen LogP contribution in [0.25, 0.3) is 0 Å². The summed E-state index contributed by atoms with van der Waals surface area (Å²) in [7, 11) is 0. The molecule has 0 saturated carbocycles. The molecule has 1 aromatic heterocycles. The molecule has 2 aromatic carbocycles. The van der Waals surface area contributed by atoms with Crippen LogP contribution in [0.15, 0.2) is 58.7 Å². The standard InChI is InChI=1S/C18H16ClN3OS2/c1-18(2)11-22-16(25-21-17(22)24-18)20-13-5-9-15(10-6-13)23-14-7-3-12(19)4-8-14/h3-10H,11H2,1-2H3. The van der Waals surface area contributed by atoms with Crippen molar-refractivity contribution in [2.75, 3.05) is 0 Å². The second-order valence-corrected chi connectivity index (χ2v) is 9.20. The fourth-order valence-corrected chi connectivity index (χ4v) is 4.60. The van der Waals surface area contributed by atoms with Crippen LogP contribution in [0.3, 0.4) is 0 Å². The molecule has 0 aliphatic carbocycles. The molecule has 2 heterocycles. The number of hydrogen-bond acceptors (Lipinski definition) is 5. The average molecular weight is 390 g/mol. The Balaban J connectivity index is 1.55. The van der Waals surface area contributed by atoms with Crippen LogP contribution in [0.5, 0.6) is 11.5 Å². The predicted octanol–water partition coefficient (Wildman–Crippen LogP) is 5.51. The predicted molar refractivity (Wildman–Crippen MR) is 103 cm³/mol. The number of hydrogen-bond donors (Lipinski definition) is 0. The van der Waals surface area contributed by atoms with Crippen LogP contribution >= 0.6 is 34.9 Å². The lowest BCUT2D eigenvalue weighted by Crippen LogP contribution is -2.21. The highest BCUT2D eigenvalue weighted by Gasteiger charge is 2.31. The topological polar surface area (TPSA) is 39.4 Å². The Bertz CT molecular complexity index is 959. The maximum Gasteiger partial charge on any atom is 0.210 e. The molecular formula is C18H16ClN3OS2. The first-order chi connectivity index (χ1) is 12.0. The van der Waals surface area contributed by atoms with Gasteiger partial charge in [-0.25, -0.2) is 4.99 Å². The van der Waals surface area contributed by atoms with Crippen LogP contribution in [0.4, 0.5) is 5.69 Å².